The van der Waals surface area contributed by atoms with Crippen molar-refractivity contribution in [1.82, 2.24) is 15.0 Å². The van der Waals surface area contributed by atoms with Crippen LogP contribution in [-0.2, 0) is 0 Å². The van der Waals surface area contributed by atoms with E-state index >= 15 is 0 Å². The van der Waals surface area contributed by atoms with Crippen LogP contribution in [0, 0.1) is 6.92 Å². The van der Waals surface area contributed by atoms with Crippen molar-refractivity contribution in [3.63, 3.8) is 0 Å². The first kappa shape index (κ1) is 15.5. The van der Waals surface area contributed by atoms with Crippen LogP contribution in [0.3, 0.4) is 0 Å². The van der Waals surface area contributed by atoms with Crippen LogP contribution in [0.1, 0.15) is 5.69 Å². The Morgan fingerprint density at radius 3 is 2.44 bits per heavy atom. The Bertz CT molecular complexity index is 1010. The normalized spacial score (nSPS) is 10.8. The maximum atomic E-state index is 5.98. The molecule has 0 atom stereocenters. The summed E-state index contributed by atoms with van der Waals surface area (Å²) in [6.45, 7) is 1.94. The average Bonchev–Trinajstić information content (AvgIpc) is 3.09. The van der Waals surface area contributed by atoms with E-state index in [1.54, 1.807) is 24.6 Å². The second-order valence-corrected chi connectivity index (χ2v) is 6.33. The summed E-state index contributed by atoms with van der Waals surface area (Å²) >= 11 is 1.57. The minimum absolute atomic E-state index is 0.530. The molecular weight excluding hydrogens is 334 g/mol. The summed E-state index contributed by atoms with van der Waals surface area (Å²) in [6.07, 6.45) is 3.22. The summed E-state index contributed by atoms with van der Waals surface area (Å²) in [5.74, 6) is 2.00. The van der Waals surface area contributed by atoms with Crippen molar-refractivity contribution in [3.8, 4) is 28.5 Å². The molecule has 0 saturated carbocycles. The summed E-state index contributed by atoms with van der Waals surface area (Å²) < 4.78 is 11.2. The van der Waals surface area contributed by atoms with E-state index in [0.717, 1.165) is 32.8 Å². The molecule has 0 amide bonds. The number of fused-ring (bicyclic) bond motifs is 1. The summed E-state index contributed by atoms with van der Waals surface area (Å²) in [7, 11) is 1.66. The van der Waals surface area contributed by atoms with Crippen molar-refractivity contribution in [2.75, 3.05) is 7.11 Å². The standard InChI is InChI=1S/C19H15N3O2S/c1-12-3-6-15(9-20-12)24-18-17-16(10-25-19(17)22-11-21-18)13-4-7-14(23-2)8-5-13/h3-11H,1-2H3. The van der Waals surface area contributed by atoms with Gasteiger partial charge in [-0.05, 0) is 36.8 Å². The van der Waals surface area contributed by atoms with E-state index in [1.807, 2.05) is 43.3 Å². The molecule has 0 N–H and O–H groups in total. The Morgan fingerprint density at radius 1 is 0.920 bits per heavy atom. The second kappa shape index (κ2) is 6.49. The van der Waals surface area contributed by atoms with E-state index in [1.165, 1.54) is 6.33 Å². The van der Waals surface area contributed by atoms with Gasteiger partial charge in [0.2, 0.25) is 5.88 Å². The zero-order valence-corrected chi connectivity index (χ0v) is 14.6. The van der Waals surface area contributed by atoms with Crippen LogP contribution in [0.5, 0.6) is 17.4 Å². The summed E-state index contributed by atoms with van der Waals surface area (Å²) in [5.41, 5.74) is 3.04. The molecule has 5 nitrogen and oxygen atoms in total. The largest absolute Gasteiger partial charge is 0.497 e. The number of pyridine rings is 1. The highest BCUT2D eigenvalue weighted by molar-refractivity contribution is 7.17. The molecule has 3 heterocycles. The predicted molar refractivity (Wildman–Crippen MR) is 98.5 cm³/mol. The fourth-order valence-electron chi connectivity index (χ4n) is 2.53. The third-order valence-corrected chi connectivity index (χ3v) is 4.72. The Kier molecular flexibility index (Phi) is 4.03. The smallest absolute Gasteiger partial charge is 0.231 e. The fourth-order valence-corrected chi connectivity index (χ4v) is 3.44. The van der Waals surface area contributed by atoms with Crippen molar-refractivity contribution >= 4 is 21.6 Å². The second-order valence-electron chi connectivity index (χ2n) is 5.47. The lowest BCUT2D eigenvalue weighted by Crippen LogP contribution is -1.92. The van der Waals surface area contributed by atoms with Crippen LogP contribution in [0.4, 0.5) is 0 Å². The van der Waals surface area contributed by atoms with E-state index in [-0.39, 0.29) is 0 Å². The molecule has 4 aromatic rings. The highest BCUT2D eigenvalue weighted by Crippen LogP contribution is 2.39. The van der Waals surface area contributed by atoms with E-state index in [0.29, 0.717) is 11.6 Å². The highest BCUT2D eigenvalue weighted by atomic mass is 32.1. The van der Waals surface area contributed by atoms with Gasteiger partial charge in [0.15, 0.2) is 0 Å². The van der Waals surface area contributed by atoms with Crippen molar-refractivity contribution in [3.05, 3.63) is 60.0 Å². The molecule has 0 bridgehead atoms. The van der Waals surface area contributed by atoms with Gasteiger partial charge in [-0.25, -0.2) is 9.97 Å². The molecule has 3 aromatic heterocycles. The first-order chi connectivity index (χ1) is 12.2. The number of thiophene rings is 1. The van der Waals surface area contributed by atoms with E-state index in [4.69, 9.17) is 9.47 Å². The third kappa shape index (κ3) is 3.04. The summed E-state index contributed by atoms with van der Waals surface area (Å²) in [5, 5.41) is 2.97. The van der Waals surface area contributed by atoms with Crippen molar-refractivity contribution < 1.29 is 9.47 Å². The number of ether oxygens (including phenoxy) is 2. The van der Waals surface area contributed by atoms with Crippen molar-refractivity contribution in [2.45, 2.75) is 6.92 Å². The van der Waals surface area contributed by atoms with Gasteiger partial charge in [0.1, 0.15) is 22.7 Å². The molecule has 0 fully saturated rings. The quantitative estimate of drug-likeness (QED) is 0.526. The number of hydrogen-bond acceptors (Lipinski definition) is 6. The summed E-state index contributed by atoms with van der Waals surface area (Å²) in [6, 6.07) is 11.7. The minimum Gasteiger partial charge on any atom is -0.497 e. The van der Waals surface area contributed by atoms with Crippen LogP contribution in [-0.4, -0.2) is 22.1 Å². The molecule has 124 valence electrons. The molecule has 0 aliphatic carbocycles. The molecule has 0 aliphatic heterocycles. The van der Waals surface area contributed by atoms with Gasteiger partial charge in [0, 0.05) is 16.6 Å². The van der Waals surface area contributed by atoms with Crippen LogP contribution in [0.15, 0.2) is 54.3 Å². The van der Waals surface area contributed by atoms with Crippen LogP contribution in [0.25, 0.3) is 21.3 Å². The zero-order valence-electron chi connectivity index (χ0n) is 13.8. The fraction of sp³-hybridized carbons (Fsp3) is 0.105. The van der Waals surface area contributed by atoms with Crippen LogP contribution in [0.2, 0.25) is 0 Å². The lowest BCUT2D eigenvalue weighted by Gasteiger charge is -2.08. The van der Waals surface area contributed by atoms with Gasteiger partial charge in [-0.2, -0.15) is 0 Å². The first-order valence-electron chi connectivity index (χ1n) is 7.72. The Hall–Kier alpha value is -2.99. The van der Waals surface area contributed by atoms with Gasteiger partial charge in [0.25, 0.3) is 0 Å². The van der Waals surface area contributed by atoms with Crippen LogP contribution >= 0.6 is 11.3 Å². The van der Waals surface area contributed by atoms with Gasteiger partial charge in [-0.3, -0.25) is 4.98 Å². The first-order valence-corrected chi connectivity index (χ1v) is 8.59. The molecule has 0 spiro atoms. The topological polar surface area (TPSA) is 57.1 Å². The maximum absolute atomic E-state index is 5.98. The van der Waals surface area contributed by atoms with Gasteiger partial charge in [-0.1, -0.05) is 12.1 Å². The monoisotopic (exact) mass is 349 g/mol. The Balaban J connectivity index is 1.79. The van der Waals surface area contributed by atoms with E-state index in [2.05, 4.69) is 20.3 Å². The highest BCUT2D eigenvalue weighted by Gasteiger charge is 2.15. The molecule has 0 radical (unpaired) electrons. The number of nitrogens with zero attached hydrogens (tertiary/aromatic N) is 3. The van der Waals surface area contributed by atoms with Crippen molar-refractivity contribution in [1.29, 1.82) is 0 Å². The number of hydrogen-bond donors (Lipinski definition) is 0. The molecule has 25 heavy (non-hydrogen) atoms. The summed E-state index contributed by atoms with van der Waals surface area (Å²) in [4.78, 5) is 13.9. The minimum atomic E-state index is 0.530. The van der Waals surface area contributed by atoms with Gasteiger partial charge >= 0.3 is 0 Å². The number of methoxy groups -OCH3 is 1. The maximum Gasteiger partial charge on any atom is 0.231 e. The van der Waals surface area contributed by atoms with Gasteiger partial charge < -0.3 is 9.47 Å². The molecular formula is C19H15N3O2S. The van der Waals surface area contributed by atoms with E-state index < -0.39 is 0 Å². The SMILES string of the molecule is COc1ccc(-c2csc3ncnc(Oc4ccc(C)nc4)c23)cc1. The zero-order chi connectivity index (χ0) is 17.2. The van der Waals surface area contributed by atoms with E-state index in [9.17, 15) is 0 Å². The van der Waals surface area contributed by atoms with Crippen LogP contribution < -0.4 is 9.47 Å². The molecule has 1 aromatic carbocycles. The van der Waals surface area contributed by atoms with Gasteiger partial charge in [0.05, 0.1) is 18.7 Å². The number of rotatable bonds is 4. The lowest BCUT2D eigenvalue weighted by molar-refractivity contribution is 0.415. The number of aromatic nitrogens is 3. The van der Waals surface area contributed by atoms with Gasteiger partial charge in [-0.15, -0.1) is 11.3 Å². The molecule has 0 saturated heterocycles. The number of aryl methyl sites for hydroxylation is 1. The Labute approximate surface area is 148 Å². The molecule has 0 unspecified atom stereocenters. The number of benzene rings is 1. The molecule has 4 rings (SSSR count). The average molecular weight is 349 g/mol. The van der Waals surface area contributed by atoms with Crippen molar-refractivity contribution in [2.24, 2.45) is 0 Å². The lowest BCUT2D eigenvalue weighted by atomic mass is 10.1. The third-order valence-electron chi connectivity index (χ3n) is 3.84. The predicted octanol–water partition coefficient (Wildman–Crippen LogP) is 4.86. The molecule has 6 heteroatoms. The Morgan fingerprint density at radius 2 is 1.72 bits per heavy atom. The molecule has 0 aliphatic rings.